The van der Waals surface area contributed by atoms with E-state index in [9.17, 15) is 9.59 Å². The van der Waals surface area contributed by atoms with E-state index in [1.54, 1.807) is 31.4 Å². The minimum Gasteiger partial charge on any atom is -0.377 e. The molecule has 8 heteroatoms. The number of hydrogen-bond acceptors (Lipinski definition) is 6. The molecule has 1 heterocycles. The molecule has 0 spiro atoms. The molecule has 0 aliphatic carbocycles. The molecule has 0 atom stereocenters. The van der Waals surface area contributed by atoms with Crippen molar-refractivity contribution in [2.75, 3.05) is 17.7 Å². The maximum atomic E-state index is 12.2. The average molecular weight is 334 g/mol. The zero-order valence-corrected chi connectivity index (χ0v) is 13.8. The number of methoxy groups -OCH3 is 1. The molecule has 2 aromatic rings. The van der Waals surface area contributed by atoms with Gasteiger partial charge in [-0.15, -0.1) is 10.2 Å². The Morgan fingerprint density at radius 3 is 2.83 bits per heavy atom. The van der Waals surface area contributed by atoms with Crippen molar-refractivity contribution in [1.82, 2.24) is 10.2 Å². The predicted molar refractivity (Wildman–Crippen MR) is 88.6 cm³/mol. The highest BCUT2D eigenvalue weighted by atomic mass is 32.1. The van der Waals surface area contributed by atoms with Gasteiger partial charge in [0.15, 0.2) is 0 Å². The number of rotatable bonds is 7. The lowest BCUT2D eigenvalue weighted by Crippen LogP contribution is -2.14. The number of ether oxygens (including phenoxy) is 1. The van der Waals surface area contributed by atoms with E-state index in [0.29, 0.717) is 34.4 Å². The SMILES string of the molecule is CCCC(=O)Nc1cccc(C(=O)Nc2nnc(COC)s2)c1. The molecule has 1 aromatic carbocycles. The Morgan fingerprint density at radius 2 is 2.09 bits per heavy atom. The Morgan fingerprint density at radius 1 is 1.26 bits per heavy atom. The van der Waals surface area contributed by atoms with E-state index in [4.69, 9.17) is 4.74 Å². The minimum absolute atomic E-state index is 0.0709. The van der Waals surface area contributed by atoms with Gasteiger partial charge < -0.3 is 10.1 Å². The highest BCUT2D eigenvalue weighted by Gasteiger charge is 2.11. The molecular formula is C15H18N4O3S. The van der Waals surface area contributed by atoms with Crippen LogP contribution in [0.2, 0.25) is 0 Å². The lowest BCUT2D eigenvalue weighted by molar-refractivity contribution is -0.116. The topological polar surface area (TPSA) is 93.2 Å². The maximum Gasteiger partial charge on any atom is 0.257 e. The standard InChI is InChI=1S/C15H18N4O3S/c1-3-5-12(20)16-11-7-4-6-10(8-11)14(21)17-15-19-18-13(23-15)9-22-2/h4,6-8H,3,5,9H2,1-2H3,(H,16,20)(H,17,19,21). The number of hydrogen-bond donors (Lipinski definition) is 2. The van der Waals surface area contributed by atoms with Crippen LogP contribution in [0.4, 0.5) is 10.8 Å². The Hall–Kier alpha value is -2.32. The summed E-state index contributed by atoms with van der Waals surface area (Å²) in [5, 5.41) is 14.3. The molecule has 7 nitrogen and oxygen atoms in total. The monoisotopic (exact) mass is 334 g/mol. The third-order valence-corrected chi connectivity index (χ3v) is 3.65. The van der Waals surface area contributed by atoms with Gasteiger partial charge in [-0.1, -0.05) is 24.3 Å². The van der Waals surface area contributed by atoms with E-state index < -0.39 is 0 Å². The van der Waals surface area contributed by atoms with Crippen LogP contribution in [-0.2, 0) is 16.1 Å². The molecule has 0 unspecified atom stereocenters. The predicted octanol–water partition coefficient (Wildman–Crippen LogP) is 2.68. The zero-order chi connectivity index (χ0) is 16.7. The quantitative estimate of drug-likeness (QED) is 0.812. The van der Waals surface area contributed by atoms with Gasteiger partial charge in [-0.2, -0.15) is 0 Å². The third kappa shape index (κ3) is 5.11. The second kappa shape index (κ2) is 8.35. The minimum atomic E-state index is -0.309. The number of benzene rings is 1. The number of aromatic nitrogens is 2. The summed E-state index contributed by atoms with van der Waals surface area (Å²) in [6, 6.07) is 6.75. The summed E-state index contributed by atoms with van der Waals surface area (Å²) in [5.74, 6) is -0.380. The van der Waals surface area contributed by atoms with E-state index in [1.165, 1.54) is 11.3 Å². The number of carbonyl (C=O) groups excluding carboxylic acids is 2. The van der Waals surface area contributed by atoms with Crippen LogP contribution < -0.4 is 10.6 Å². The molecule has 0 saturated heterocycles. The van der Waals surface area contributed by atoms with Gasteiger partial charge in [0.25, 0.3) is 5.91 Å². The first kappa shape index (κ1) is 17.0. The fourth-order valence-electron chi connectivity index (χ4n) is 1.84. The molecule has 2 N–H and O–H groups in total. The first-order valence-corrected chi connectivity index (χ1v) is 7.96. The van der Waals surface area contributed by atoms with Crippen molar-refractivity contribution >= 4 is 34.0 Å². The number of amides is 2. The van der Waals surface area contributed by atoms with E-state index >= 15 is 0 Å². The van der Waals surface area contributed by atoms with Crippen LogP contribution in [-0.4, -0.2) is 29.1 Å². The van der Waals surface area contributed by atoms with Crippen LogP contribution in [0, 0.1) is 0 Å². The Kier molecular flexibility index (Phi) is 6.19. The second-order valence-corrected chi connectivity index (χ2v) is 5.83. The number of nitrogens with one attached hydrogen (secondary N) is 2. The summed E-state index contributed by atoms with van der Waals surface area (Å²) in [4.78, 5) is 23.8. The van der Waals surface area contributed by atoms with Crippen molar-refractivity contribution in [2.45, 2.75) is 26.4 Å². The third-order valence-electron chi connectivity index (χ3n) is 2.84. The molecule has 0 aliphatic rings. The summed E-state index contributed by atoms with van der Waals surface area (Å²) in [7, 11) is 1.57. The molecule has 2 amide bonds. The molecule has 2 rings (SSSR count). The van der Waals surface area contributed by atoms with Crippen molar-refractivity contribution in [1.29, 1.82) is 0 Å². The Labute approximate surface area is 138 Å². The smallest absolute Gasteiger partial charge is 0.257 e. The van der Waals surface area contributed by atoms with Crippen molar-refractivity contribution in [3.8, 4) is 0 Å². The molecule has 0 saturated carbocycles. The van der Waals surface area contributed by atoms with Crippen molar-refractivity contribution < 1.29 is 14.3 Å². The largest absolute Gasteiger partial charge is 0.377 e. The molecule has 0 radical (unpaired) electrons. The second-order valence-electron chi connectivity index (χ2n) is 4.77. The highest BCUT2D eigenvalue weighted by molar-refractivity contribution is 7.15. The van der Waals surface area contributed by atoms with E-state index in [2.05, 4.69) is 20.8 Å². The van der Waals surface area contributed by atoms with Gasteiger partial charge in [-0.25, -0.2) is 0 Å². The van der Waals surface area contributed by atoms with Gasteiger partial charge in [0, 0.05) is 24.8 Å². The summed E-state index contributed by atoms with van der Waals surface area (Å²) in [6.45, 7) is 2.29. The number of nitrogens with zero attached hydrogens (tertiary/aromatic N) is 2. The summed E-state index contributed by atoms with van der Waals surface area (Å²) >= 11 is 1.25. The lowest BCUT2D eigenvalue weighted by atomic mass is 10.2. The van der Waals surface area contributed by atoms with E-state index in [1.807, 2.05) is 6.92 Å². The lowest BCUT2D eigenvalue weighted by Gasteiger charge is -2.06. The first-order valence-electron chi connectivity index (χ1n) is 7.15. The Bertz CT molecular complexity index is 687. The molecule has 122 valence electrons. The van der Waals surface area contributed by atoms with Gasteiger partial charge >= 0.3 is 0 Å². The van der Waals surface area contributed by atoms with Crippen LogP contribution in [0.3, 0.4) is 0 Å². The Balaban J connectivity index is 2.02. The summed E-state index contributed by atoms with van der Waals surface area (Å²) < 4.78 is 4.96. The fraction of sp³-hybridized carbons (Fsp3) is 0.333. The van der Waals surface area contributed by atoms with Crippen molar-refractivity contribution in [3.63, 3.8) is 0 Å². The van der Waals surface area contributed by atoms with Crippen LogP contribution >= 0.6 is 11.3 Å². The summed E-state index contributed by atoms with van der Waals surface area (Å²) in [6.07, 6.45) is 1.22. The van der Waals surface area contributed by atoms with Crippen LogP contribution in [0.15, 0.2) is 24.3 Å². The first-order chi connectivity index (χ1) is 11.1. The average Bonchev–Trinajstić information content (AvgIpc) is 2.95. The van der Waals surface area contributed by atoms with Crippen LogP contribution in [0.1, 0.15) is 35.1 Å². The van der Waals surface area contributed by atoms with Crippen molar-refractivity contribution in [2.24, 2.45) is 0 Å². The van der Waals surface area contributed by atoms with Gasteiger partial charge in [-0.3, -0.25) is 14.9 Å². The van der Waals surface area contributed by atoms with Gasteiger partial charge in [-0.05, 0) is 24.6 Å². The highest BCUT2D eigenvalue weighted by Crippen LogP contribution is 2.18. The number of carbonyl (C=O) groups is 2. The molecule has 0 aliphatic heterocycles. The van der Waals surface area contributed by atoms with Crippen LogP contribution in [0.25, 0.3) is 0 Å². The molecule has 23 heavy (non-hydrogen) atoms. The molecule has 0 bridgehead atoms. The van der Waals surface area contributed by atoms with Gasteiger partial charge in [0.05, 0.1) is 0 Å². The normalized spacial score (nSPS) is 10.3. The molecule has 1 aromatic heterocycles. The molecular weight excluding hydrogens is 316 g/mol. The molecule has 0 fully saturated rings. The maximum absolute atomic E-state index is 12.2. The summed E-state index contributed by atoms with van der Waals surface area (Å²) in [5.41, 5.74) is 1.02. The van der Waals surface area contributed by atoms with Gasteiger partial charge in [0.2, 0.25) is 11.0 Å². The van der Waals surface area contributed by atoms with Crippen LogP contribution in [0.5, 0.6) is 0 Å². The van der Waals surface area contributed by atoms with E-state index in [0.717, 1.165) is 6.42 Å². The van der Waals surface area contributed by atoms with Gasteiger partial charge in [0.1, 0.15) is 11.6 Å². The van der Waals surface area contributed by atoms with Crippen molar-refractivity contribution in [3.05, 3.63) is 34.8 Å². The fourth-order valence-corrected chi connectivity index (χ4v) is 2.55. The number of anilines is 2. The van der Waals surface area contributed by atoms with E-state index in [-0.39, 0.29) is 11.8 Å². The zero-order valence-electron chi connectivity index (χ0n) is 13.0.